The first-order valence-corrected chi connectivity index (χ1v) is 18.6. The maximum atomic E-state index is 13.3. The number of aromatic nitrogens is 3. The zero-order valence-corrected chi connectivity index (χ0v) is 31.7. The Bertz CT molecular complexity index is 2290. The molecule has 0 aliphatic heterocycles. The first-order valence-electron chi connectivity index (χ1n) is 16.8. The van der Waals surface area contributed by atoms with Crippen LogP contribution in [0, 0.1) is 34.6 Å². The summed E-state index contributed by atoms with van der Waals surface area (Å²) in [7, 11) is -2.26. The van der Waals surface area contributed by atoms with Gasteiger partial charge in [0.15, 0.2) is 5.03 Å². The molecule has 0 saturated heterocycles. The normalized spacial score (nSPS) is 12.2. The molecule has 0 spiro atoms. The Morgan fingerprint density at radius 3 is 2.39 bits per heavy atom. The van der Waals surface area contributed by atoms with E-state index >= 15 is 0 Å². The Kier molecular flexibility index (Phi) is 11.4. The first-order chi connectivity index (χ1) is 24.3. The fourth-order valence-corrected chi connectivity index (χ4v) is 7.66. The number of hydrogen-bond donors (Lipinski definition) is 1. The van der Waals surface area contributed by atoms with Crippen molar-refractivity contribution in [1.29, 1.82) is 0 Å². The zero-order valence-electron chi connectivity index (χ0n) is 30.2. The minimum absolute atomic E-state index is 0.216. The quantitative estimate of drug-likeness (QED) is 0.0745. The van der Waals surface area contributed by atoms with Gasteiger partial charge in [0.05, 0.1) is 17.8 Å². The molecule has 2 aromatic heterocycles. The van der Waals surface area contributed by atoms with Crippen molar-refractivity contribution in [2.24, 2.45) is 12.0 Å². The predicted octanol–water partition coefficient (Wildman–Crippen LogP) is 8.47. The average Bonchev–Trinajstić information content (AvgIpc) is 3.50. The zero-order chi connectivity index (χ0) is 37.0. The number of rotatable bonds is 13. The predicted molar refractivity (Wildman–Crippen MR) is 207 cm³/mol. The molecule has 0 unspecified atom stereocenters. The summed E-state index contributed by atoms with van der Waals surface area (Å²) in [4.78, 5) is 17.1. The molecule has 0 aliphatic carbocycles. The summed E-state index contributed by atoms with van der Waals surface area (Å²) in [5.41, 5.74) is 10.6. The SMILES string of the molecule is C=C/C=C(\N=CC)S(=O)(=O)NC(=O)c1cccc(Cn2c(C)c(CCCOc3cc(C)c(Cl)c(C)c3)c3cccc(-c4c(C)nn(C)c4C)c32)c1. The van der Waals surface area contributed by atoms with E-state index in [4.69, 9.17) is 21.4 Å². The lowest BCUT2D eigenvalue weighted by atomic mass is 9.98. The van der Waals surface area contributed by atoms with Gasteiger partial charge in [0, 0.05) is 58.3 Å². The molecule has 51 heavy (non-hydrogen) atoms. The van der Waals surface area contributed by atoms with Gasteiger partial charge in [0.25, 0.3) is 15.9 Å². The highest BCUT2D eigenvalue weighted by atomic mass is 35.5. The molecule has 11 heteroatoms. The van der Waals surface area contributed by atoms with E-state index in [-0.39, 0.29) is 10.6 Å². The summed E-state index contributed by atoms with van der Waals surface area (Å²) in [5, 5.41) is 6.31. The fraction of sp³-hybridized carbons (Fsp3) is 0.275. The number of hydrogen-bond acceptors (Lipinski definition) is 6. The van der Waals surface area contributed by atoms with E-state index in [9.17, 15) is 13.2 Å². The Morgan fingerprint density at radius 2 is 1.75 bits per heavy atom. The van der Waals surface area contributed by atoms with Gasteiger partial charge >= 0.3 is 0 Å². The molecule has 1 amide bonds. The number of nitrogens with one attached hydrogen (secondary N) is 1. The van der Waals surface area contributed by atoms with E-state index in [1.807, 2.05) is 50.7 Å². The van der Waals surface area contributed by atoms with Crippen molar-refractivity contribution in [3.63, 3.8) is 0 Å². The van der Waals surface area contributed by atoms with Gasteiger partial charge in [0.1, 0.15) is 5.75 Å². The lowest BCUT2D eigenvalue weighted by Gasteiger charge is -2.14. The molecule has 9 nitrogen and oxygen atoms in total. The van der Waals surface area contributed by atoms with Gasteiger partial charge < -0.3 is 9.30 Å². The number of aliphatic imine (C=N–C) groups is 1. The van der Waals surface area contributed by atoms with Crippen molar-refractivity contribution in [3.05, 3.63) is 128 Å². The first kappa shape index (κ1) is 37.3. The summed E-state index contributed by atoms with van der Waals surface area (Å²) in [6.45, 7) is 16.3. The van der Waals surface area contributed by atoms with Crippen molar-refractivity contribution in [2.75, 3.05) is 6.61 Å². The molecular weight excluding hydrogens is 682 g/mol. The highest BCUT2D eigenvalue weighted by molar-refractivity contribution is 7.93. The second-order valence-corrected chi connectivity index (χ2v) is 14.6. The van der Waals surface area contributed by atoms with Crippen molar-refractivity contribution in [2.45, 2.75) is 60.9 Å². The van der Waals surface area contributed by atoms with Crippen LogP contribution in [0.3, 0.4) is 0 Å². The molecule has 0 bridgehead atoms. The van der Waals surface area contributed by atoms with E-state index in [0.29, 0.717) is 13.2 Å². The number of aryl methyl sites for hydroxylation is 5. The van der Waals surface area contributed by atoms with Crippen LogP contribution in [0.25, 0.3) is 22.0 Å². The monoisotopic (exact) mass is 725 g/mol. The largest absolute Gasteiger partial charge is 0.494 e. The molecule has 5 aromatic rings. The van der Waals surface area contributed by atoms with Crippen LogP contribution < -0.4 is 9.46 Å². The number of halogens is 1. The molecule has 0 aliphatic rings. The highest BCUT2D eigenvalue weighted by Gasteiger charge is 2.23. The molecule has 2 heterocycles. The van der Waals surface area contributed by atoms with Gasteiger partial charge in [-0.2, -0.15) is 13.5 Å². The maximum absolute atomic E-state index is 13.3. The summed E-state index contributed by atoms with van der Waals surface area (Å²) < 4.78 is 38.4. The third-order valence-electron chi connectivity index (χ3n) is 9.05. The van der Waals surface area contributed by atoms with E-state index in [0.717, 1.165) is 79.4 Å². The number of carbonyl (C=O) groups is 1. The molecule has 3 aromatic carbocycles. The number of nitrogens with zero attached hydrogens (tertiary/aromatic N) is 4. The van der Waals surface area contributed by atoms with Crippen LogP contribution in [0.4, 0.5) is 0 Å². The maximum Gasteiger partial charge on any atom is 0.281 e. The van der Waals surface area contributed by atoms with Crippen LogP contribution in [0.5, 0.6) is 5.75 Å². The third kappa shape index (κ3) is 7.87. The molecule has 0 fully saturated rings. The fourth-order valence-electron chi connectivity index (χ4n) is 6.57. The van der Waals surface area contributed by atoms with Gasteiger partial charge in [-0.1, -0.05) is 54.6 Å². The van der Waals surface area contributed by atoms with Gasteiger partial charge in [-0.25, -0.2) is 9.71 Å². The molecular formula is C40H44ClN5O4S. The summed E-state index contributed by atoms with van der Waals surface area (Å²) >= 11 is 6.37. The number of amides is 1. The number of benzene rings is 3. The number of fused-ring (bicyclic) bond motifs is 1. The van der Waals surface area contributed by atoms with E-state index in [1.54, 1.807) is 25.1 Å². The standard InChI is InChI=1S/C40H44ClN5O4S/c1-9-14-36(42-10-2)51(48,49)44-40(47)31-16-11-15-30(23-31)24-46-28(6)33(19-13-20-50-32-21-25(3)38(41)26(4)22-32)34-17-12-18-35(39(34)46)37-27(5)43-45(8)29(37)7/h9-12,14-18,21-23H,1,13,19-20,24H2,2-8H3,(H,44,47)/b36-14+,42-10?. The number of para-hydroxylation sites is 1. The van der Waals surface area contributed by atoms with Gasteiger partial charge in [-0.15, -0.1) is 0 Å². The van der Waals surface area contributed by atoms with Crippen LogP contribution in [0.1, 0.15) is 63.0 Å². The summed E-state index contributed by atoms with van der Waals surface area (Å²) in [6.07, 6.45) is 5.47. The van der Waals surface area contributed by atoms with Crippen LogP contribution in [-0.2, 0) is 30.0 Å². The molecule has 5 rings (SSSR count). The topological polar surface area (TPSA) is 108 Å². The number of carbonyl (C=O) groups excluding carboxylic acids is 1. The Hall–Kier alpha value is -4.93. The van der Waals surface area contributed by atoms with Crippen molar-refractivity contribution < 1.29 is 17.9 Å². The molecule has 0 atom stereocenters. The molecule has 0 saturated carbocycles. The van der Waals surface area contributed by atoms with Crippen LogP contribution in [0.15, 0.2) is 83.3 Å². The van der Waals surface area contributed by atoms with Crippen molar-refractivity contribution in [1.82, 2.24) is 19.1 Å². The average molecular weight is 726 g/mol. The Labute approximate surface area is 305 Å². The number of ether oxygens (including phenoxy) is 1. The number of allylic oxidation sites excluding steroid dienone is 2. The third-order valence-corrected chi connectivity index (χ3v) is 10.9. The van der Waals surface area contributed by atoms with E-state index in [1.165, 1.54) is 23.9 Å². The Morgan fingerprint density at radius 1 is 1.04 bits per heavy atom. The molecule has 266 valence electrons. The Balaban J connectivity index is 1.51. The minimum Gasteiger partial charge on any atom is -0.494 e. The second-order valence-electron chi connectivity index (χ2n) is 12.6. The second kappa shape index (κ2) is 15.5. The van der Waals surface area contributed by atoms with Crippen LogP contribution in [-0.4, -0.2) is 41.5 Å². The summed E-state index contributed by atoms with van der Waals surface area (Å²) in [5.74, 6) is 0.0578. The lowest BCUT2D eigenvalue weighted by molar-refractivity contribution is 0.0981. The van der Waals surface area contributed by atoms with Crippen molar-refractivity contribution in [3.8, 4) is 16.9 Å². The molecule has 0 radical (unpaired) electrons. The van der Waals surface area contributed by atoms with E-state index in [2.05, 4.69) is 52.9 Å². The smallest absolute Gasteiger partial charge is 0.281 e. The van der Waals surface area contributed by atoms with E-state index < -0.39 is 15.9 Å². The number of sulfonamides is 1. The highest BCUT2D eigenvalue weighted by Crippen LogP contribution is 2.38. The van der Waals surface area contributed by atoms with Gasteiger partial charge in [0.2, 0.25) is 0 Å². The van der Waals surface area contributed by atoms with Crippen LogP contribution >= 0.6 is 11.6 Å². The lowest BCUT2D eigenvalue weighted by Crippen LogP contribution is -2.31. The summed E-state index contributed by atoms with van der Waals surface area (Å²) in [6, 6.07) is 17.3. The minimum atomic E-state index is -4.21. The van der Waals surface area contributed by atoms with Crippen molar-refractivity contribution >= 4 is 44.6 Å². The van der Waals surface area contributed by atoms with Crippen LogP contribution in [0.2, 0.25) is 5.02 Å². The van der Waals surface area contributed by atoms with Gasteiger partial charge in [-0.3, -0.25) is 9.48 Å². The van der Waals surface area contributed by atoms with Gasteiger partial charge in [-0.05, 0) is 107 Å². The molecule has 1 N–H and O–H groups in total.